The van der Waals surface area contributed by atoms with Gasteiger partial charge in [0.15, 0.2) is 0 Å². The van der Waals surface area contributed by atoms with Crippen LogP contribution < -0.4 is 5.32 Å². The molecule has 0 aromatic heterocycles. The van der Waals surface area contributed by atoms with Crippen molar-refractivity contribution in [2.24, 2.45) is 0 Å². The number of anilines is 1. The molecule has 2 aromatic rings. The molecule has 0 spiro atoms. The van der Waals surface area contributed by atoms with Crippen molar-refractivity contribution in [2.75, 3.05) is 19.4 Å². The van der Waals surface area contributed by atoms with Crippen LogP contribution in [0.2, 0.25) is 0 Å². The van der Waals surface area contributed by atoms with E-state index in [9.17, 15) is 9.59 Å². The number of carbonyl (C=O) groups is 2. The first-order valence-corrected chi connectivity index (χ1v) is 8.31. The van der Waals surface area contributed by atoms with E-state index in [1.165, 1.54) is 16.5 Å². The van der Waals surface area contributed by atoms with Gasteiger partial charge in [-0.25, -0.2) is 0 Å². The van der Waals surface area contributed by atoms with Crippen molar-refractivity contribution < 1.29 is 9.59 Å². The van der Waals surface area contributed by atoms with Gasteiger partial charge in [-0.05, 0) is 54.3 Å². The predicted molar refractivity (Wildman–Crippen MR) is 103 cm³/mol. The molecule has 0 aliphatic heterocycles. The van der Waals surface area contributed by atoms with E-state index < -0.39 is 0 Å². The topological polar surface area (TPSA) is 49.4 Å². The molecule has 0 aliphatic rings. The van der Waals surface area contributed by atoms with Crippen molar-refractivity contribution in [1.82, 2.24) is 4.90 Å². The number of nitrogens with one attached hydrogen (secondary N) is 1. The molecule has 0 heterocycles. The fourth-order valence-electron chi connectivity index (χ4n) is 2.37. The highest BCUT2D eigenvalue weighted by Crippen LogP contribution is 2.17. The van der Waals surface area contributed by atoms with Crippen LogP contribution in [-0.4, -0.2) is 30.8 Å². The summed E-state index contributed by atoms with van der Waals surface area (Å²) in [7, 11) is 3.44. The SMILES string of the molecule is CCc1ccc(C)c(NC(=O)/C=C/c2ccc(C(=O)N(C)C)cc2)c1. The quantitative estimate of drug-likeness (QED) is 0.842. The number of rotatable bonds is 5. The molecule has 4 nitrogen and oxygen atoms in total. The minimum atomic E-state index is -0.176. The van der Waals surface area contributed by atoms with Crippen molar-refractivity contribution in [3.05, 3.63) is 70.8 Å². The Morgan fingerprint density at radius 2 is 1.76 bits per heavy atom. The molecule has 2 amide bonds. The van der Waals surface area contributed by atoms with Crippen LogP contribution in [0.4, 0.5) is 5.69 Å². The fourth-order valence-corrected chi connectivity index (χ4v) is 2.37. The van der Waals surface area contributed by atoms with Gasteiger partial charge in [-0.15, -0.1) is 0 Å². The van der Waals surface area contributed by atoms with Crippen LogP contribution in [0.1, 0.15) is 34.0 Å². The highest BCUT2D eigenvalue weighted by Gasteiger charge is 2.07. The number of amides is 2. The lowest BCUT2D eigenvalue weighted by Gasteiger charge is -2.10. The Bertz CT molecular complexity index is 790. The second-order valence-corrected chi connectivity index (χ2v) is 6.15. The summed E-state index contributed by atoms with van der Waals surface area (Å²) in [6.45, 7) is 4.06. The van der Waals surface area contributed by atoms with Gasteiger partial charge in [0.1, 0.15) is 0 Å². The average molecular weight is 336 g/mol. The van der Waals surface area contributed by atoms with Crippen molar-refractivity contribution in [3.8, 4) is 0 Å². The van der Waals surface area contributed by atoms with Crippen LogP contribution in [0.3, 0.4) is 0 Å². The maximum Gasteiger partial charge on any atom is 0.253 e. The van der Waals surface area contributed by atoms with Gasteiger partial charge in [0.25, 0.3) is 5.91 Å². The zero-order valence-electron chi connectivity index (χ0n) is 15.2. The van der Waals surface area contributed by atoms with E-state index in [0.29, 0.717) is 5.56 Å². The van der Waals surface area contributed by atoms with Gasteiger partial charge in [-0.1, -0.05) is 31.2 Å². The first-order valence-electron chi connectivity index (χ1n) is 8.31. The highest BCUT2D eigenvalue weighted by atomic mass is 16.2. The Hall–Kier alpha value is -2.88. The number of carbonyl (C=O) groups excluding carboxylic acids is 2. The number of nitrogens with zero attached hydrogens (tertiary/aromatic N) is 1. The smallest absolute Gasteiger partial charge is 0.253 e. The number of aryl methyl sites for hydroxylation is 2. The van der Waals surface area contributed by atoms with Crippen LogP contribution in [0, 0.1) is 6.92 Å². The van der Waals surface area contributed by atoms with Crippen LogP contribution in [0.5, 0.6) is 0 Å². The molecule has 0 saturated heterocycles. The van der Waals surface area contributed by atoms with Gasteiger partial charge >= 0.3 is 0 Å². The Balaban J connectivity index is 2.04. The largest absolute Gasteiger partial charge is 0.345 e. The molecule has 0 saturated carbocycles. The normalized spacial score (nSPS) is 10.7. The Morgan fingerprint density at radius 1 is 1.08 bits per heavy atom. The summed E-state index contributed by atoms with van der Waals surface area (Å²) in [5.74, 6) is -0.218. The van der Waals surface area contributed by atoms with Crippen molar-refractivity contribution >= 4 is 23.6 Å². The highest BCUT2D eigenvalue weighted by molar-refractivity contribution is 6.02. The summed E-state index contributed by atoms with van der Waals surface area (Å²) in [5, 5.41) is 2.91. The third-order valence-electron chi connectivity index (χ3n) is 3.96. The van der Waals surface area contributed by atoms with Crippen molar-refractivity contribution in [1.29, 1.82) is 0 Å². The lowest BCUT2D eigenvalue weighted by Crippen LogP contribution is -2.21. The van der Waals surface area contributed by atoms with E-state index in [2.05, 4.69) is 18.3 Å². The van der Waals surface area contributed by atoms with Gasteiger partial charge in [-0.2, -0.15) is 0 Å². The second kappa shape index (κ2) is 8.29. The second-order valence-electron chi connectivity index (χ2n) is 6.15. The first kappa shape index (κ1) is 18.5. The molecule has 0 bridgehead atoms. The van der Waals surface area contributed by atoms with E-state index in [1.54, 1.807) is 32.3 Å². The zero-order valence-corrected chi connectivity index (χ0v) is 15.2. The van der Waals surface area contributed by atoms with Crippen LogP contribution in [0.15, 0.2) is 48.5 Å². The predicted octanol–water partition coefficient (Wildman–Crippen LogP) is 3.91. The number of hydrogen-bond acceptors (Lipinski definition) is 2. The van der Waals surface area contributed by atoms with Crippen LogP contribution in [0.25, 0.3) is 6.08 Å². The van der Waals surface area contributed by atoms with Crippen LogP contribution >= 0.6 is 0 Å². The molecule has 0 fully saturated rings. The van der Waals surface area contributed by atoms with E-state index in [4.69, 9.17) is 0 Å². The molecular formula is C21H24N2O2. The molecule has 130 valence electrons. The molecule has 0 atom stereocenters. The van der Waals surface area contributed by atoms with Gasteiger partial charge in [0.05, 0.1) is 0 Å². The summed E-state index contributed by atoms with van der Waals surface area (Å²) in [6.07, 6.45) is 4.16. The Kier molecular flexibility index (Phi) is 6.12. The molecule has 2 aromatic carbocycles. The summed E-state index contributed by atoms with van der Waals surface area (Å²) in [4.78, 5) is 25.5. The lowest BCUT2D eigenvalue weighted by molar-refractivity contribution is -0.111. The number of benzene rings is 2. The monoisotopic (exact) mass is 336 g/mol. The molecule has 1 N–H and O–H groups in total. The summed E-state index contributed by atoms with van der Waals surface area (Å²) < 4.78 is 0. The van der Waals surface area contributed by atoms with Gasteiger partial charge < -0.3 is 10.2 Å². The third kappa shape index (κ3) is 5.05. The molecular weight excluding hydrogens is 312 g/mol. The standard InChI is InChI=1S/C21H24N2O2/c1-5-16-7-6-15(2)19(14-16)22-20(24)13-10-17-8-11-18(12-9-17)21(25)23(3)4/h6-14H,5H2,1-4H3,(H,22,24)/b13-10+. The molecule has 2 rings (SSSR count). The molecule has 4 heteroatoms. The zero-order chi connectivity index (χ0) is 18.4. The molecule has 25 heavy (non-hydrogen) atoms. The maximum absolute atomic E-state index is 12.1. The summed E-state index contributed by atoms with van der Waals surface area (Å²) in [6, 6.07) is 13.2. The van der Waals surface area contributed by atoms with E-state index in [0.717, 1.165) is 23.2 Å². The minimum Gasteiger partial charge on any atom is -0.345 e. The lowest BCUT2D eigenvalue weighted by atomic mass is 10.1. The molecule has 0 aliphatic carbocycles. The van der Waals surface area contributed by atoms with Crippen molar-refractivity contribution in [3.63, 3.8) is 0 Å². The van der Waals surface area contributed by atoms with Gasteiger partial charge in [0.2, 0.25) is 5.91 Å². The van der Waals surface area contributed by atoms with Crippen LogP contribution in [-0.2, 0) is 11.2 Å². The van der Waals surface area contributed by atoms with Gasteiger partial charge in [-0.3, -0.25) is 9.59 Å². The average Bonchev–Trinajstić information content (AvgIpc) is 2.61. The Labute approximate surface area is 149 Å². The first-order chi connectivity index (χ1) is 11.9. The summed E-state index contributed by atoms with van der Waals surface area (Å²) >= 11 is 0. The Morgan fingerprint density at radius 3 is 2.36 bits per heavy atom. The van der Waals surface area contributed by atoms with E-state index in [-0.39, 0.29) is 11.8 Å². The van der Waals surface area contributed by atoms with Gasteiger partial charge in [0, 0.05) is 31.4 Å². The summed E-state index contributed by atoms with van der Waals surface area (Å²) in [5.41, 5.74) is 4.54. The van der Waals surface area contributed by atoms with E-state index >= 15 is 0 Å². The minimum absolute atomic E-state index is 0.0421. The maximum atomic E-state index is 12.1. The fraction of sp³-hybridized carbons (Fsp3) is 0.238. The third-order valence-corrected chi connectivity index (χ3v) is 3.96. The van der Waals surface area contributed by atoms with Crippen molar-refractivity contribution in [2.45, 2.75) is 20.3 Å². The molecule has 0 unspecified atom stereocenters. The molecule has 0 radical (unpaired) electrons. The van der Waals surface area contributed by atoms with E-state index in [1.807, 2.05) is 31.2 Å². The number of hydrogen-bond donors (Lipinski definition) is 1.